The van der Waals surface area contributed by atoms with Crippen LogP contribution in [0.2, 0.25) is 5.15 Å². The number of halogens is 2. The lowest BCUT2D eigenvalue weighted by atomic mass is 10.2. The topological polar surface area (TPSA) is 17.8 Å². The quantitative estimate of drug-likeness (QED) is 0.586. The summed E-state index contributed by atoms with van der Waals surface area (Å²) in [6, 6.07) is 1.99. The third-order valence-corrected chi connectivity index (χ3v) is 3.90. The maximum absolute atomic E-state index is 6.01. The van der Waals surface area contributed by atoms with Crippen LogP contribution in [0, 0.1) is 6.92 Å². The maximum Gasteiger partial charge on any atom is 0.154 e. The molecule has 0 aliphatic carbocycles. The molecule has 0 aromatic carbocycles. The molecule has 0 saturated carbocycles. The number of pyridine rings is 1. The van der Waals surface area contributed by atoms with Crippen LogP contribution in [0.15, 0.2) is 18.5 Å². The predicted octanol–water partition coefficient (Wildman–Crippen LogP) is 3.84. The smallest absolute Gasteiger partial charge is 0.154 e. The lowest BCUT2D eigenvalue weighted by Gasteiger charge is -1.98. The van der Waals surface area contributed by atoms with E-state index < -0.39 is 0 Å². The van der Waals surface area contributed by atoms with E-state index in [0.717, 1.165) is 5.52 Å². The van der Waals surface area contributed by atoms with Gasteiger partial charge < -0.3 is 0 Å². The first-order valence-corrected chi connectivity index (χ1v) is 7.34. The van der Waals surface area contributed by atoms with E-state index in [4.69, 9.17) is 11.6 Å². The number of fused-ring (bicyclic) bond motifs is 1. The van der Waals surface area contributed by atoms with Gasteiger partial charge >= 0.3 is 0 Å². The Balaban J connectivity index is 2.89. The highest BCUT2D eigenvalue weighted by Gasteiger charge is 2.08. The zero-order valence-corrected chi connectivity index (χ0v) is 10.5. The van der Waals surface area contributed by atoms with Gasteiger partial charge in [0.05, 0.1) is 5.52 Å². The van der Waals surface area contributed by atoms with Crippen LogP contribution in [0.5, 0.6) is 0 Å². The van der Waals surface area contributed by atoms with E-state index in [1.54, 1.807) is 15.3 Å². The van der Waals surface area contributed by atoms with Crippen LogP contribution >= 0.6 is 41.9 Å². The van der Waals surface area contributed by atoms with Crippen LogP contribution in [-0.4, -0.2) is 8.96 Å². The van der Waals surface area contributed by atoms with Crippen LogP contribution in [0.1, 0.15) is 5.56 Å². The van der Waals surface area contributed by atoms with Crippen molar-refractivity contribution in [3.63, 3.8) is 0 Å². The second-order valence-corrected chi connectivity index (χ2v) is 4.78. The fourth-order valence-electron chi connectivity index (χ4n) is 1.32. The number of hydrogen-bond acceptors (Lipinski definition) is 2. The number of aromatic nitrogens is 2. The molecular formula is C8H6ClIN2S. The Morgan fingerprint density at radius 3 is 3.08 bits per heavy atom. The Hall–Kier alpha value is 0.0600. The summed E-state index contributed by atoms with van der Waals surface area (Å²) in [5, 5.41) is 1.74. The maximum atomic E-state index is 6.01. The molecule has 0 atom stereocenters. The van der Waals surface area contributed by atoms with Gasteiger partial charge in [-0.05, 0) is 18.6 Å². The molecule has 0 radical (unpaired) electrons. The first kappa shape index (κ1) is 9.61. The van der Waals surface area contributed by atoms with Crippen LogP contribution < -0.4 is 0 Å². The van der Waals surface area contributed by atoms with Crippen molar-refractivity contribution in [1.29, 1.82) is 0 Å². The van der Waals surface area contributed by atoms with Gasteiger partial charge in [-0.25, -0.2) is 4.98 Å². The highest BCUT2D eigenvalue weighted by atomic mass is 127. The summed E-state index contributed by atoms with van der Waals surface area (Å²) < 4.78 is 2.03. The largest absolute Gasteiger partial charge is 0.279 e. The van der Waals surface area contributed by atoms with E-state index in [1.807, 2.05) is 10.0 Å². The molecular weight excluding hydrogens is 319 g/mol. The van der Waals surface area contributed by atoms with E-state index in [9.17, 15) is 0 Å². The fourth-order valence-corrected chi connectivity index (χ4v) is 3.00. The average molecular weight is 325 g/mol. The molecule has 13 heavy (non-hydrogen) atoms. The molecule has 2 aromatic rings. The van der Waals surface area contributed by atoms with Gasteiger partial charge in [0.15, 0.2) is 5.15 Å². The summed E-state index contributed by atoms with van der Waals surface area (Å²) >= 11 is 8.23. The third kappa shape index (κ3) is 1.55. The molecule has 2 heterocycles. The molecule has 2 aromatic heterocycles. The van der Waals surface area contributed by atoms with Gasteiger partial charge in [0.2, 0.25) is 0 Å². The Labute approximate surface area is 97.4 Å². The van der Waals surface area contributed by atoms with Crippen molar-refractivity contribution in [2.24, 2.45) is 0 Å². The zero-order valence-electron chi connectivity index (χ0n) is 6.79. The van der Waals surface area contributed by atoms with Crippen molar-refractivity contribution in [3.05, 3.63) is 29.2 Å². The summed E-state index contributed by atoms with van der Waals surface area (Å²) in [5.74, 6) is 0. The highest BCUT2D eigenvalue weighted by molar-refractivity contribution is 14.2. The Morgan fingerprint density at radius 1 is 1.62 bits per heavy atom. The minimum absolute atomic E-state index is 0.565. The standard InChI is InChI=1S/C8H6ClIN2S/c1-5-4-12(13-10)7-6(5)2-3-11-8(7)9/h2-4H,1H3. The summed E-state index contributed by atoms with van der Waals surface area (Å²) in [4.78, 5) is 4.06. The van der Waals surface area contributed by atoms with Gasteiger partial charge in [0, 0.05) is 48.1 Å². The highest BCUT2D eigenvalue weighted by Crippen LogP contribution is 2.31. The molecule has 2 rings (SSSR count). The van der Waals surface area contributed by atoms with Crippen molar-refractivity contribution < 1.29 is 0 Å². The molecule has 0 spiro atoms. The van der Waals surface area contributed by atoms with Crippen LogP contribution in [0.25, 0.3) is 10.9 Å². The SMILES string of the molecule is Cc1cn(SI)c2c(Cl)nccc12. The fraction of sp³-hybridized carbons (Fsp3) is 0.125. The summed E-state index contributed by atoms with van der Waals surface area (Å²) in [6.45, 7) is 2.07. The first-order valence-electron chi connectivity index (χ1n) is 3.65. The van der Waals surface area contributed by atoms with Crippen molar-refractivity contribution in [1.82, 2.24) is 8.96 Å². The van der Waals surface area contributed by atoms with E-state index >= 15 is 0 Å². The monoisotopic (exact) mass is 324 g/mol. The van der Waals surface area contributed by atoms with E-state index in [0.29, 0.717) is 5.15 Å². The molecule has 0 unspecified atom stereocenters. The first-order chi connectivity index (χ1) is 6.24. The Morgan fingerprint density at radius 2 is 2.38 bits per heavy atom. The summed E-state index contributed by atoms with van der Waals surface area (Å²) in [7, 11) is 1.60. The van der Waals surface area contributed by atoms with E-state index in [-0.39, 0.29) is 0 Å². The molecule has 68 valence electrons. The van der Waals surface area contributed by atoms with E-state index in [1.165, 1.54) is 10.9 Å². The van der Waals surface area contributed by atoms with Gasteiger partial charge in [0.1, 0.15) is 0 Å². The van der Waals surface area contributed by atoms with Gasteiger partial charge in [-0.1, -0.05) is 11.6 Å². The molecule has 0 N–H and O–H groups in total. The van der Waals surface area contributed by atoms with Crippen LogP contribution in [0.4, 0.5) is 0 Å². The van der Waals surface area contributed by atoms with Crippen molar-refractivity contribution in [3.8, 4) is 0 Å². The second kappa shape index (κ2) is 3.67. The molecule has 0 fully saturated rings. The number of nitrogens with zero attached hydrogens (tertiary/aromatic N) is 2. The molecule has 0 amide bonds. The predicted molar refractivity (Wildman–Crippen MR) is 66.5 cm³/mol. The number of rotatable bonds is 1. The minimum Gasteiger partial charge on any atom is -0.279 e. The van der Waals surface area contributed by atoms with Gasteiger partial charge in [0.25, 0.3) is 0 Å². The number of aryl methyl sites for hydroxylation is 1. The van der Waals surface area contributed by atoms with Crippen molar-refractivity contribution in [2.75, 3.05) is 0 Å². The minimum atomic E-state index is 0.565. The summed E-state index contributed by atoms with van der Waals surface area (Å²) in [6.07, 6.45) is 3.80. The Kier molecular flexibility index (Phi) is 2.71. The molecule has 2 nitrogen and oxygen atoms in total. The normalized spacial score (nSPS) is 11.0. The van der Waals surface area contributed by atoms with Crippen LogP contribution in [0.3, 0.4) is 0 Å². The van der Waals surface area contributed by atoms with Gasteiger partial charge in [-0.2, -0.15) is 0 Å². The Bertz CT molecular complexity index is 455. The average Bonchev–Trinajstić information content (AvgIpc) is 2.45. The molecule has 0 saturated heterocycles. The van der Waals surface area contributed by atoms with Gasteiger partial charge in [-0.15, -0.1) is 0 Å². The zero-order chi connectivity index (χ0) is 9.42. The van der Waals surface area contributed by atoms with E-state index in [2.05, 4.69) is 39.3 Å². The second-order valence-electron chi connectivity index (χ2n) is 2.70. The third-order valence-electron chi connectivity index (χ3n) is 1.91. The molecule has 5 heteroatoms. The molecule has 0 aliphatic heterocycles. The van der Waals surface area contributed by atoms with Crippen molar-refractivity contribution in [2.45, 2.75) is 6.92 Å². The molecule has 0 bridgehead atoms. The summed E-state index contributed by atoms with van der Waals surface area (Å²) in [5.41, 5.74) is 2.23. The van der Waals surface area contributed by atoms with Crippen molar-refractivity contribution >= 4 is 52.8 Å². The molecule has 0 aliphatic rings. The van der Waals surface area contributed by atoms with Gasteiger partial charge in [-0.3, -0.25) is 3.97 Å². The lowest BCUT2D eigenvalue weighted by molar-refractivity contribution is 1.30. The number of hydrogen-bond donors (Lipinski definition) is 0. The lowest BCUT2D eigenvalue weighted by Crippen LogP contribution is -1.82. The van der Waals surface area contributed by atoms with Crippen LogP contribution in [-0.2, 0) is 0 Å².